The van der Waals surface area contributed by atoms with Gasteiger partial charge in [0.15, 0.2) is 14.4 Å². The van der Waals surface area contributed by atoms with Crippen molar-refractivity contribution in [3.05, 3.63) is 36.0 Å². The minimum Gasteiger partial charge on any atom is -0.457 e. The van der Waals surface area contributed by atoms with E-state index in [2.05, 4.69) is 57.1 Å². The number of ether oxygens (including phenoxy) is 2. The Labute approximate surface area is 305 Å². The standard InChI is InChI=1S/C40H71N3O6Si/c1-30(29-41-8)16-15-17-31(2)37-32(3)20-21-35(47-38(45)43-26-24-42(25-27-43)33-18-13-11-12-14-19-33)40(7,46)23-22-34(28-36(44)48-37)49-50(9,10)39(4,5)6/h15-17,20-21,30,32-35,37,41,46H,11-14,18-19,22-29H2,1-10H3/b16-15+,21-20+,31-17+/t30-,32+,34-,35+,37-,40-/m1/s1. The van der Waals surface area contributed by atoms with Crippen LogP contribution < -0.4 is 5.32 Å². The van der Waals surface area contributed by atoms with E-state index < -0.39 is 38.3 Å². The van der Waals surface area contributed by atoms with E-state index in [0.717, 1.165) is 25.2 Å². The Morgan fingerprint density at radius 1 is 1.12 bits per heavy atom. The molecule has 2 heterocycles. The summed E-state index contributed by atoms with van der Waals surface area (Å²) in [5.41, 5.74) is -0.465. The molecule has 3 aliphatic rings. The van der Waals surface area contributed by atoms with Crippen LogP contribution in [0.1, 0.15) is 106 Å². The van der Waals surface area contributed by atoms with Gasteiger partial charge in [-0.1, -0.05) is 84.6 Å². The zero-order valence-electron chi connectivity index (χ0n) is 33.1. The molecule has 1 aliphatic carbocycles. The van der Waals surface area contributed by atoms with E-state index in [-0.39, 0.29) is 23.3 Å². The first-order valence-corrected chi connectivity index (χ1v) is 22.3. The van der Waals surface area contributed by atoms with Crippen molar-refractivity contribution in [1.82, 2.24) is 15.1 Å². The number of nitrogens with zero attached hydrogens (tertiary/aromatic N) is 2. The lowest BCUT2D eigenvalue weighted by Gasteiger charge is -2.41. The van der Waals surface area contributed by atoms with Gasteiger partial charge in [-0.3, -0.25) is 9.69 Å². The molecule has 286 valence electrons. The number of piperazine rings is 1. The van der Waals surface area contributed by atoms with Crippen LogP contribution in [0.5, 0.6) is 0 Å². The molecule has 0 unspecified atom stereocenters. The summed E-state index contributed by atoms with van der Waals surface area (Å²) >= 11 is 0. The first-order chi connectivity index (χ1) is 23.4. The van der Waals surface area contributed by atoms with Crippen molar-refractivity contribution in [2.75, 3.05) is 39.8 Å². The highest BCUT2D eigenvalue weighted by Crippen LogP contribution is 2.39. The molecule has 1 saturated heterocycles. The maximum Gasteiger partial charge on any atom is 0.410 e. The molecule has 0 aromatic rings. The third kappa shape index (κ3) is 12.9. The van der Waals surface area contributed by atoms with Gasteiger partial charge in [-0.15, -0.1) is 0 Å². The normalized spacial score (nSPS) is 30.6. The molecule has 0 spiro atoms. The Kier molecular flexibility index (Phi) is 16.3. The lowest BCUT2D eigenvalue weighted by molar-refractivity contribution is -0.151. The zero-order chi connectivity index (χ0) is 37.1. The van der Waals surface area contributed by atoms with Crippen molar-refractivity contribution in [2.24, 2.45) is 11.8 Å². The van der Waals surface area contributed by atoms with E-state index >= 15 is 0 Å². The third-order valence-electron chi connectivity index (χ3n) is 11.5. The van der Waals surface area contributed by atoms with Crippen LogP contribution in [0.3, 0.4) is 0 Å². The van der Waals surface area contributed by atoms with Crippen molar-refractivity contribution in [3.8, 4) is 0 Å². The molecule has 50 heavy (non-hydrogen) atoms. The lowest BCUT2D eigenvalue weighted by atomic mass is 9.88. The zero-order valence-corrected chi connectivity index (χ0v) is 34.1. The summed E-state index contributed by atoms with van der Waals surface area (Å²) < 4.78 is 19.2. The topological polar surface area (TPSA) is 101 Å². The highest BCUT2D eigenvalue weighted by Gasteiger charge is 2.42. The van der Waals surface area contributed by atoms with Crippen molar-refractivity contribution in [2.45, 2.75) is 154 Å². The molecule has 2 aliphatic heterocycles. The molecule has 2 N–H and O–H groups in total. The molecule has 2 fully saturated rings. The predicted octanol–water partition coefficient (Wildman–Crippen LogP) is 7.62. The summed E-state index contributed by atoms with van der Waals surface area (Å²) in [4.78, 5) is 31.6. The molecule has 0 aromatic carbocycles. The molecule has 10 heteroatoms. The number of rotatable bonds is 9. The van der Waals surface area contributed by atoms with E-state index in [1.807, 2.05) is 39.1 Å². The number of cyclic esters (lactones) is 1. The number of hydrogen-bond acceptors (Lipinski definition) is 8. The second-order valence-electron chi connectivity index (χ2n) is 17.1. The molecule has 3 rings (SSSR count). The SMILES string of the molecule is CNC[C@H](C)/C=C/C=C(\C)[C@H]1OC(=O)C[C@H](O[Si](C)(C)C(C)(C)C)CC[C@@](C)(O)[C@@H](OC(=O)N2CCN(C3CCCCCC3)CC2)/C=C/[C@@H]1C. The van der Waals surface area contributed by atoms with Crippen LogP contribution in [0.15, 0.2) is 36.0 Å². The molecular formula is C40H71N3O6Si. The minimum absolute atomic E-state index is 0.0582. The maximum absolute atomic E-state index is 13.7. The number of hydrogen-bond donors (Lipinski definition) is 2. The number of carbonyl (C=O) groups is 2. The first-order valence-electron chi connectivity index (χ1n) is 19.4. The van der Waals surface area contributed by atoms with E-state index in [9.17, 15) is 14.7 Å². The first kappa shape index (κ1) is 42.4. The Bertz CT molecular complexity index is 1160. The fraction of sp³-hybridized carbons (Fsp3) is 0.800. The number of esters is 1. The molecular weight excluding hydrogens is 647 g/mol. The molecule has 9 nitrogen and oxygen atoms in total. The number of amides is 1. The van der Waals surface area contributed by atoms with Gasteiger partial charge in [0.2, 0.25) is 0 Å². The Hall–Kier alpha value is -1.98. The van der Waals surface area contributed by atoms with Gasteiger partial charge in [-0.25, -0.2) is 4.79 Å². The third-order valence-corrected chi connectivity index (χ3v) is 16.0. The summed E-state index contributed by atoms with van der Waals surface area (Å²) in [5.74, 6) is -0.200. The average molecular weight is 718 g/mol. The van der Waals surface area contributed by atoms with Crippen molar-refractivity contribution >= 4 is 20.4 Å². The summed E-state index contributed by atoms with van der Waals surface area (Å²) in [6.45, 7) is 22.5. The molecule has 0 radical (unpaired) electrons. The predicted molar refractivity (Wildman–Crippen MR) is 206 cm³/mol. The number of nitrogens with one attached hydrogen (secondary N) is 1. The molecule has 6 atom stereocenters. The Balaban J connectivity index is 1.86. The highest BCUT2D eigenvalue weighted by molar-refractivity contribution is 6.74. The van der Waals surface area contributed by atoms with E-state index in [0.29, 0.717) is 37.9 Å². The van der Waals surface area contributed by atoms with E-state index in [1.165, 1.54) is 38.5 Å². The lowest BCUT2D eigenvalue weighted by Crippen LogP contribution is -2.53. The van der Waals surface area contributed by atoms with Gasteiger partial charge in [0.1, 0.15) is 11.7 Å². The molecule has 0 bridgehead atoms. The van der Waals surface area contributed by atoms with Crippen molar-refractivity contribution < 1.29 is 28.6 Å². The fourth-order valence-electron chi connectivity index (χ4n) is 7.09. The Morgan fingerprint density at radius 2 is 1.76 bits per heavy atom. The second-order valence-corrected chi connectivity index (χ2v) is 21.8. The van der Waals surface area contributed by atoms with Gasteiger partial charge in [-0.2, -0.15) is 0 Å². The maximum atomic E-state index is 13.7. The number of allylic oxidation sites excluding steroid dienone is 2. The van der Waals surface area contributed by atoms with Gasteiger partial charge < -0.3 is 29.2 Å². The van der Waals surface area contributed by atoms with Gasteiger partial charge in [0, 0.05) is 44.7 Å². The highest BCUT2D eigenvalue weighted by atomic mass is 28.4. The monoisotopic (exact) mass is 718 g/mol. The van der Waals surface area contributed by atoms with Crippen LogP contribution in [-0.2, 0) is 18.7 Å². The molecule has 1 saturated carbocycles. The number of aliphatic hydroxyl groups is 1. The largest absolute Gasteiger partial charge is 0.457 e. The van der Waals surface area contributed by atoms with Crippen LogP contribution in [0.2, 0.25) is 18.1 Å². The fourth-order valence-corrected chi connectivity index (χ4v) is 8.48. The van der Waals surface area contributed by atoms with Crippen LogP contribution in [-0.4, -0.2) is 105 Å². The summed E-state index contributed by atoms with van der Waals surface area (Å²) in [6.07, 6.45) is 16.2. The van der Waals surface area contributed by atoms with E-state index in [4.69, 9.17) is 13.9 Å². The number of carbonyl (C=O) groups excluding carboxylic acids is 2. The van der Waals surface area contributed by atoms with Crippen LogP contribution in [0, 0.1) is 11.8 Å². The molecule has 1 amide bonds. The van der Waals surface area contributed by atoms with Crippen LogP contribution in [0.4, 0.5) is 4.79 Å². The average Bonchev–Trinajstić information content (AvgIpc) is 3.33. The molecule has 0 aromatic heterocycles. The van der Waals surface area contributed by atoms with Gasteiger partial charge in [0.05, 0.1) is 12.5 Å². The summed E-state index contributed by atoms with van der Waals surface area (Å²) in [7, 11) is -0.321. The van der Waals surface area contributed by atoms with Gasteiger partial charge in [-0.05, 0) is 82.3 Å². The van der Waals surface area contributed by atoms with Crippen molar-refractivity contribution in [1.29, 1.82) is 0 Å². The summed E-state index contributed by atoms with van der Waals surface area (Å²) in [6, 6.07) is 0.611. The second kappa shape index (κ2) is 19.2. The quantitative estimate of drug-likeness (QED) is 0.0827. The van der Waals surface area contributed by atoms with Crippen molar-refractivity contribution in [3.63, 3.8) is 0 Å². The smallest absolute Gasteiger partial charge is 0.410 e. The Morgan fingerprint density at radius 3 is 2.36 bits per heavy atom. The van der Waals surface area contributed by atoms with Gasteiger partial charge in [0.25, 0.3) is 0 Å². The van der Waals surface area contributed by atoms with Crippen LogP contribution >= 0.6 is 0 Å². The van der Waals surface area contributed by atoms with Gasteiger partial charge >= 0.3 is 12.1 Å². The van der Waals surface area contributed by atoms with Crippen LogP contribution in [0.25, 0.3) is 0 Å². The minimum atomic E-state index is -2.26. The van der Waals surface area contributed by atoms with E-state index in [1.54, 1.807) is 17.9 Å². The summed E-state index contributed by atoms with van der Waals surface area (Å²) in [5, 5.41) is 15.1.